The van der Waals surface area contributed by atoms with Crippen LogP contribution in [0.3, 0.4) is 0 Å². The molecule has 0 atom stereocenters. The lowest BCUT2D eigenvalue weighted by atomic mass is 10.1. The number of carbonyl (C=O) groups excluding carboxylic acids is 2. The number of phenols is 1. The lowest BCUT2D eigenvalue weighted by molar-refractivity contribution is -0.146. The Bertz CT molecular complexity index is 973. The van der Waals surface area contributed by atoms with E-state index in [9.17, 15) is 14.7 Å². The van der Waals surface area contributed by atoms with Gasteiger partial charge in [-0.15, -0.1) is 0 Å². The van der Waals surface area contributed by atoms with E-state index in [1.54, 1.807) is 12.1 Å². The molecule has 0 fully saturated rings. The number of fused-ring (bicyclic) bond motifs is 1. The van der Waals surface area contributed by atoms with Gasteiger partial charge in [0.2, 0.25) is 0 Å². The first-order valence-electron chi connectivity index (χ1n) is 8.14. The van der Waals surface area contributed by atoms with Crippen molar-refractivity contribution >= 4 is 28.5 Å². The van der Waals surface area contributed by atoms with E-state index >= 15 is 0 Å². The van der Waals surface area contributed by atoms with Crippen molar-refractivity contribution in [3.8, 4) is 5.75 Å². The van der Waals surface area contributed by atoms with Crippen LogP contribution in [-0.2, 0) is 20.7 Å². The maximum Gasteiger partial charge on any atom is 0.310 e. The molecule has 0 unspecified atom stereocenters. The van der Waals surface area contributed by atoms with E-state index in [0.717, 1.165) is 16.5 Å². The van der Waals surface area contributed by atoms with Crippen molar-refractivity contribution < 1.29 is 23.8 Å². The second-order valence-corrected chi connectivity index (χ2v) is 6.13. The largest absolute Gasteiger partial charge is 0.508 e. The van der Waals surface area contributed by atoms with E-state index in [1.165, 1.54) is 18.4 Å². The lowest BCUT2D eigenvalue weighted by Crippen LogP contribution is -2.21. The first-order chi connectivity index (χ1) is 12.4. The monoisotopic (exact) mass is 353 g/mol. The number of anilines is 1. The first-order valence-corrected chi connectivity index (χ1v) is 8.14. The van der Waals surface area contributed by atoms with Gasteiger partial charge < -0.3 is 19.6 Å². The number of amides is 1. The van der Waals surface area contributed by atoms with Crippen LogP contribution in [0.4, 0.5) is 5.69 Å². The minimum atomic E-state index is -0.531. The number of hydrogen-bond acceptors (Lipinski definition) is 5. The van der Waals surface area contributed by atoms with Crippen LogP contribution in [0.2, 0.25) is 0 Å². The van der Waals surface area contributed by atoms with Gasteiger partial charge in [0.1, 0.15) is 11.3 Å². The number of aryl methyl sites for hydroxylation is 2. The van der Waals surface area contributed by atoms with Crippen LogP contribution in [0.25, 0.3) is 11.0 Å². The van der Waals surface area contributed by atoms with E-state index in [2.05, 4.69) is 5.32 Å². The van der Waals surface area contributed by atoms with E-state index in [4.69, 9.17) is 9.15 Å². The lowest BCUT2D eigenvalue weighted by Gasteiger charge is -2.08. The second kappa shape index (κ2) is 7.31. The molecule has 0 saturated carbocycles. The van der Waals surface area contributed by atoms with Crippen molar-refractivity contribution in [1.82, 2.24) is 0 Å². The summed E-state index contributed by atoms with van der Waals surface area (Å²) >= 11 is 0. The standard InChI is InChI=1S/C20H19NO5/c1-12-3-4-15(7-13(12)2)21-19(23)11-26-20(24)8-14-10-25-18-9-16(22)5-6-17(14)18/h3-7,9-10,22H,8,11H2,1-2H3,(H,21,23). The fourth-order valence-corrected chi connectivity index (χ4v) is 2.58. The van der Waals surface area contributed by atoms with Crippen LogP contribution in [0.5, 0.6) is 5.75 Å². The van der Waals surface area contributed by atoms with Crippen molar-refractivity contribution in [2.45, 2.75) is 20.3 Å². The molecule has 0 aliphatic rings. The van der Waals surface area contributed by atoms with Crippen molar-refractivity contribution in [2.75, 3.05) is 11.9 Å². The zero-order valence-corrected chi connectivity index (χ0v) is 14.5. The summed E-state index contributed by atoms with van der Waals surface area (Å²) in [6.45, 7) is 3.59. The normalized spacial score (nSPS) is 10.7. The van der Waals surface area contributed by atoms with Crippen LogP contribution in [0.1, 0.15) is 16.7 Å². The van der Waals surface area contributed by atoms with Crippen molar-refractivity contribution in [3.05, 3.63) is 59.4 Å². The molecule has 1 heterocycles. The smallest absolute Gasteiger partial charge is 0.310 e. The third kappa shape index (κ3) is 4.03. The summed E-state index contributed by atoms with van der Waals surface area (Å²) in [6.07, 6.45) is 1.43. The Labute approximate surface area is 150 Å². The van der Waals surface area contributed by atoms with Crippen molar-refractivity contribution in [1.29, 1.82) is 0 Å². The van der Waals surface area contributed by atoms with Crippen LogP contribution in [0, 0.1) is 13.8 Å². The molecule has 6 nitrogen and oxygen atoms in total. The van der Waals surface area contributed by atoms with Gasteiger partial charge in [-0.25, -0.2) is 0 Å². The molecule has 0 bridgehead atoms. The summed E-state index contributed by atoms with van der Waals surface area (Å²) in [6, 6.07) is 10.2. The number of carbonyl (C=O) groups is 2. The molecule has 26 heavy (non-hydrogen) atoms. The molecule has 3 rings (SSSR count). The average Bonchev–Trinajstić information content (AvgIpc) is 2.98. The van der Waals surface area contributed by atoms with E-state index in [-0.39, 0.29) is 18.8 Å². The maximum absolute atomic E-state index is 12.0. The topological polar surface area (TPSA) is 88.8 Å². The fourth-order valence-electron chi connectivity index (χ4n) is 2.58. The minimum Gasteiger partial charge on any atom is -0.508 e. The Balaban J connectivity index is 1.54. The molecule has 0 spiro atoms. The molecule has 6 heteroatoms. The van der Waals surface area contributed by atoms with Crippen LogP contribution < -0.4 is 5.32 Å². The number of hydrogen-bond donors (Lipinski definition) is 2. The molecule has 0 aliphatic heterocycles. The third-order valence-corrected chi connectivity index (χ3v) is 4.13. The Morgan fingerprint density at radius 1 is 1.12 bits per heavy atom. The number of phenolic OH excluding ortho intramolecular Hbond substituents is 1. The van der Waals surface area contributed by atoms with Gasteiger partial charge in [-0.1, -0.05) is 6.07 Å². The molecule has 0 radical (unpaired) electrons. The molecule has 0 saturated heterocycles. The average molecular weight is 353 g/mol. The summed E-state index contributed by atoms with van der Waals surface area (Å²) in [4.78, 5) is 23.9. The van der Waals surface area contributed by atoms with Gasteiger partial charge in [-0.3, -0.25) is 9.59 Å². The van der Waals surface area contributed by atoms with Gasteiger partial charge in [-0.2, -0.15) is 0 Å². The minimum absolute atomic E-state index is 0.0192. The molecule has 2 N–H and O–H groups in total. The van der Waals surface area contributed by atoms with Crippen LogP contribution in [-0.4, -0.2) is 23.6 Å². The van der Waals surface area contributed by atoms with Crippen LogP contribution >= 0.6 is 0 Å². The number of furan rings is 1. The van der Waals surface area contributed by atoms with Gasteiger partial charge in [-0.05, 0) is 49.2 Å². The predicted molar refractivity (Wildman–Crippen MR) is 97.1 cm³/mol. The van der Waals surface area contributed by atoms with Gasteiger partial charge in [0.25, 0.3) is 5.91 Å². The fraction of sp³-hybridized carbons (Fsp3) is 0.200. The Morgan fingerprint density at radius 3 is 2.69 bits per heavy atom. The molecule has 2 aromatic carbocycles. The third-order valence-electron chi connectivity index (χ3n) is 4.13. The van der Waals surface area contributed by atoms with Gasteiger partial charge in [0.05, 0.1) is 12.7 Å². The maximum atomic E-state index is 12.0. The van der Waals surface area contributed by atoms with E-state index in [0.29, 0.717) is 16.8 Å². The first kappa shape index (κ1) is 17.5. The Hall–Kier alpha value is -3.28. The quantitative estimate of drug-likeness (QED) is 0.686. The van der Waals surface area contributed by atoms with E-state index in [1.807, 2.05) is 26.0 Å². The van der Waals surface area contributed by atoms with Crippen LogP contribution in [0.15, 0.2) is 47.1 Å². The van der Waals surface area contributed by atoms with Crippen molar-refractivity contribution in [3.63, 3.8) is 0 Å². The number of rotatable bonds is 5. The SMILES string of the molecule is Cc1ccc(NC(=O)COC(=O)Cc2coc3cc(O)ccc23)cc1C. The Kier molecular flexibility index (Phi) is 4.93. The van der Waals surface area contributed by atoms with Gasteiger partial charge >= 0.3 is 5.97 Å². The predicted octanol–water partition coefficient (Wildman–Crippen LogP) is 3.48. The molecular weight excluding hydrogens is 334 g/mol. The highest BCUT2D eigenvalue weighted by Gasteiger charge is 2.13. The summed E-state index contributed by atoms with van der Waals surface area (Å²) in [7, 11) is 0. The molecule has 1 amide bonds. The molecular formula is C20H19NO5. The number of esters is 1. The summed E-state index contributed by atoms with van der Waals surface area (Å²) in [5.74, 6) is -0.844. The highest BCUT2D eigenvalue weighted by molar-refractivity contribution is 5.93. The summed E-state index contributed by atoms with van der Waals surface area (Å²) in [5.41, 5.74) is 3.99. The molecule has 134 valence electrons. The Morgan fingerprint density at radius 2 is 1.92 bits per heavy atom. The molecule has 3 aromatic rings. The number of nitrogens with one attached hydrogen (secondary N) is 1. The highest BCUT2D eigenvalue weighted by atomic mass is 16.5. The molecule has 0 aliphatic carbocycles. The van der Waals surface area contributed by atoms with Crippen molar-refractivity contribution in [2.24, 2.45) is 0 Å². The summed E-state index contributed by atoms with van der Waals surface area (Å²) < 4.78 is 10.3. The zero-order valence-electron chi connectivity index (χ0n) is 14.5. The summed E-state index contributed by atoms with van der Waals surface area (Å²) in [5, 5.41) is 12.8. The molecule has 1 aromatic heterocycles. The zero-order chi connectivity index (χ0) is 18.7. The number of aromatic hydroxyl groups is 1. The van der Waals surface area contributed by atoms with Gasteiger partial charge in [0.15, 0.2) is 6.61 Å². The number of benzene rings is 2. The second-order valence-electron chi connectivity index (χ2n) is 6.13. The van der Waals surface area contributed by atoms with E-state index < -0.39 is 11.9 Å². The number of ether oxygens (including phenoxy) is 1. The van der Waals surface area contributed by atoms with Gasteiger partial charge in [0, 0.05) is 22.7 Å². The highest BCUT2D eigenvalue weighted by Crippen LogP contribution is 2.25.